The van der Waals surface area contributed by atoms with Crippen molar-refractivity contribution in [2.75, 3.05) is 13.1 Å². The monoisotopic (exact) mass is 189 g/mol. The Bertz CT molecular complexity index is 161. The summed E-state index contributed by atoms with van der Waals surface area (Å²) in [7, 11) is 0. The van der Waals surface area contributed by atoms with Crippen LogP contribution in [0.3, 0.4) is 0 Å². The van der Waals surface area contributed by atoms with Crippen LogP contribution in [-0.2, 0) is 0 Å². The SMILES string of the molecule is C[C@H]1CC[C@H](O)CN1C/C=C/Cl. The number of β-amino-alcohol motifs (C(OH)–C–C–N with tert-alkyl or cyclic N) is 1. The number of piperidine rings is 1. The molecular weight excluding hydrogens is 174 g/mol. The van der Waals surface area contributed by atoms with Gasteiger partial charge in [0.05, 0.1) is 6.10 Å². The predicted octanol–water partition coefficient (Wildman–Crippen LogP) is 1.58. The van der Waals surface area contributed by atoms with Crippen molar-refractivity contribution in [2.45, 2.75) is 31.9 Å². The average molecular weight is 190 g/mol. The van der Waals surface area contributed by atoms with Crippen LogP contribution < -0.4 is 0 Å². The first-order valence-corrected chi connectivity index (χ1v) is 4.85. The van der Waals surface area contributed by atoms with Gasteiger partial charge in [0.2, 0.25) is 0 Å². The highest BCUT2D eigenvalue weighted by atomic mass is 35.5. The van der Waals surface area contributed by atoms with Gasteiger partial charge in [-0.1, -0.05) is 17.7 Å². The molecule has 1 aliphatic heterocycles. The van der Waals surface area contributed by atoms with Crippen LogP contribution in [0.1, 0.15) is 19.8 Å². The lowest BCUT2D eigenvalue weighted by molar-refractivity contribution is 0.0482. The molecule has 70 valence electrons. The summed E-state index contributed by atoms with van der Waals surface area (Å²) in [5, 5.41) is 9.40. The molecule has 2 atom stereocenters. The molecule has 0 unspecified atom stereocenters. The molecular formula is C9H16ClNO. The van der Waals surface area contributed by atoms with Crippen LogP contribution in [0.5, 0.6) is 0 Å². The lowest BCUT2D eigenvalue weighted by Gasteiger charge is -2.35. The topological polar surface area (TPSA) is 23.5 Å². The second-order valence-electron chi connectivity index (χ2n) is 3.40. The van der Waals surface area contributed by atoms with E-state index in [1.54, 1.807) is 0 Å². The van der Waals surface area contributed by atoms with Crippen molar-refractivity contribution in [3.63, 3.8) is 0 Å². The van der Waals surface area contributed by atoms with Gasteiger partial charge in [-0.25, -0.2) is 0 Å². The van der Waals surface area contributed by atoms with E-state index < -0.39 is 0 Å². The molecule has 1 saturated heterocycles. The minimum Gasteiger partial charge on any atom is -0.392 e. The second-order valence-corrected chi connectivity index (χ2v) is 3.65. The molecule has 0 aromatic rings. The van der Waals surface area contributed by atoms with Crippen molar-refractivity contribution in [3.8, 4) is 0 Å². The number of rotatable bonds is 2. The number of hydrogen-bond donors (Lipinski definition) is 1. The first kappa shape index (κ1) is 10.0. The quantitative estimate of drug-likeness (QED) is 0.713. The highest BCUT2D eigenvalue weighted by Crippen LogP contribution is 2.16. The van der Waals surface area contributed by atoms with Crippen molar-refractivity contribution in [1.82, 2.24) is 4.90 Å². The number of hydrogen-bond acceptors (Lipinski definition) is 2. The zero-order chi connectivity index (χ0) is 8.97. The lowest BCUT2D eigenvalue weighted by Crippen LogP contribution is -2.43. The third-order valence-electron chi connectivity index (χ3n) is 2.42. The van der Waals surface area contributed by atoms with Gasteiger partial charge in [-0.15, -0.1) is 0 Å². The summed E-state index contributed by atoms with van der Waals surface area (Å²) < 4.78 is 0. The Hall–Kier alpha value is -0.0500. The minimum atomic E-state index is -0.148. The van der Waals surface area contributed by atoms with Crippen molar-refractivity contribution in [3.05, 3.63) is 11.6 Å². The van der Waals surface area contributed by atoms with Crippen LogP contribution in [0.2, 0.25) is 0 Å². The van der Waals surface area contributed by atoms with Gasteiger partial charge >= 0.3 is 0 Å². The standard InChI is InChI=1S/C9H16ClNO/c1-8-3-4-9(12)7-11(8)6-2-5-10/h2,5,8-9,12H,3-4,6-7H2,1H3/b5-2+/t8-,9-/m0/s1. The summed E-state index contributed by atoms with van der Waals surface area (Å²) in [6.07, 6.45) is 3.78. The molecule has 1 fully saturated rings. The highest BCUT2D eigenvalue weighted by Gasteiger charge is 2.22. The highest BCUT2D eigenvalue weighted by molar-refractivity contribution is 6.25. The van der Waals surface area contributed by atoms with E-state index >= 15 is 0 Å². The van der Waals surface area contributed by atoms with Crippen molar-refractivity contribution >= 4 is 11.6 Å². The maximum Gasteiger partial charge on any atom is 0.0667 e. The van der Waals surface area contributed by atoms with Crippen LogP contribution in [0, 0.1) is 0 Å². The second kappa shape index (κ2) is 4.85. The molecule has 0 aromatic heterocycles. The summed E-state index contributed by atoms with van der Waals surface area (Å²) in [5.41, 5.74) is 1.54. The van der Waals surface area contributed by atoms with Crippen molar-refractivity contribution in [1.29, 1.82) is 0 Å². The Morgan fingerprint density at radius 1 is 1.58 bits per heavy atom. The zero-order valence-corrected chi connectivity index (χ0v) is 8.17. The Morgan fingerprint density at radius 3 is 3.00 bits per heavy atom. The fraction of sp³-hybridized carbons (Fsp3) is 0.778. The summed E-state index contributed by atoms with van der Waals surface area (Å²) in [6.45, 7) is 3.82. The minimum absolute atomic E-state index is 0.148. The van der Waals surface area contributed by atoms with Crippen LogP contribution in [0.4, 0.5) is 0 Å². The molecule has 1 aliphatic rings. The molecule has 3 heteroatoms. The van der Waals surface area contributed by atoms with Crippen LogP contribution in [0.25, 0.3) is 0 Å². The van der Waals surface area contributed by atoms with E-state index in [4.69, 9.17) is 11.6 Å². The molecule has 0 saturated carbocycles. The van der Waals surface area contributed by atoms with Gasteiger partial charge in [-0.2, -0.15) is 0 Å². The molecule has 0 bridgehead atoms. The Morgan fingerprint density at radius 2 is 2.33 bits per heavy atom. The number of nitrogens with zero attached hydrogens (tertiary/aromatic N) is 1. The molecule has 0 aromatic carbocycles. The predicted molar refractivity (Wildman–Crippen MR) is 51.3 cm³/mol. The average Bonchev–Trinajstić information content (AvgIpc) is 2.07. The number of likely N-dealkylation sites (tertiary alicyclic amines) is 1. The molecule has 1 N–H and O–H groups in total. The lowest BCUT2D eigenvalue weighted by atomic mass is 10.0. The molecule has 12 heavy (non-hydrogen) atoms. The van der Waals surface area contributed by atoms with Gasteiger partial charge in [-0.3, -0.25) is 4.90 Å². The summed E-state index contributed by atoms with van der Waals surface area (Å²) >= 11 is 5.44. The normalized spacial score (nSPS) is 32.9. The summed E-state index contributed by atoms with van der Waals surface area (Å²) in [4.78, 5) is 2.24. The van der Waals surface area contributed by atoms with Gasteiger partial charge in [-0.05, 0) is 19.8 Å². The number of aliphatic hydroxyl groups excluding tert-OH is 1. The Kier molecular flexibility index (Phi) is 4.06. The summed E-state index contributed by atoms with van der Waals surface area (Å²) in [6, 6.07) is 0.571. The van der Waals surface area contributed by atoms with Crippen molar-refractivity contribution in [2.24, 2.45) is 0 Å². The Labute approximate surface area is 78.8 Å². The van der Waals surface area contributed by atoms with Gasteiger partial charge in [0.25, 0.3) is 0 Å². The Balaban J connectivity index is 2.38. The van der Waals surface area contributed by atoms with Crippen LogP contribution in [-0.4, -0.2) is 35.2 Å². The van der Waals surface area contributed by atoms with E-state index in [1.165, 1.54) is 5.54 Å². The van der Waals surface area contributed by atoms with E-state index in [2.05, 4.69) is 11.8 Å². The molecule has 0 radical (unpaired) electrons. The first-order valence-electron chi connectivity index (χ1n) is 4.41. The number of halogens is 1. The van der Waals surface area contributed by atoms with Crippen molar-refractivity contribution < 1.29 is 5.11 Å². The van der Waals surface area contributed by atoms with E-state index in [0.717, 1.165) is 25.9 Å². The van der Waals surface area contributed by atoms with E-state index in [9.17, 15) is 5.11 Å². The molecule has 2 nitrogen and oxygen atoms in total. The van der Waals surface area contributed by atoms with Gasteiger partial charge in [0.15, 0.2) is 0 Å². The molecule has 1 rings (SSSR count). The van der Waals surface area contributed by atoms with E-state index in [-0.39, 0.29) is 6.10 Å². The largest absolute Gasteiger partial charge is 0.392 e. The maximum atomic E-state index is 9.40. The maximum absolute atomic E-state index is 9.40. The fourth-order valence-corrected chi connectivity index (χ4v) is 1.67. The summed E-state index contributed by atoms with van der Waals surface area (Å²) in [5.74, 6) is 0. The third-order valence-corrected chi connectivity index (χ3v) is 2.59. The van der Waals surface area contributed by atoms with Gasteiger partial charge in [0.1, 0.15) is 0 Å². The number of aliphatic hydroxyl groups is 1. The van der Waals surface area contributed by atoms with E-state index in [1.807, 2.05) is 6.08 Å². The molecule has 0 aliphatic carbocycles. The smallest absolute Gasteiger partial charge is 0.0667 e. The molecule has 0 amide bonds. The van der Waals surface area contributed by atoms with E-state index in [0.29, 0.717) is 6.04 Å². The zero-order valence-electron chi connectivity index (χ0n) is 7.41. The third kappa shape index (κ3) is 2.77. The van der Waals surface area contributed by atoms with Gasteiger partial charge < -0.3 is 5.11 Å². The van der Waals surface area contributed by atoms with Crippen LogP contribution >= 0.6 is 11.6 Å². The molecule has 0 spiro atoms. The molecule has 1 heterocycles. The van der Waals surface area contributed by atoms with Crippen LogP contribution in [0.15, 0.2) is 11.6 Å². The first-order chi connectivity index (χ1) is 5.74. The van der Waals surface area contributed by atoms with Gasteiger partial charge in [0, 0.05) is 24.7 Å². The fourth-order valence-electron chi connectivity index (χ4n) is 1.59.